The van der Waals surface area contributed by atoms with Crippen LogP contribution in [0, 0.1) is 0 Å². The van der Waals surface area contributed by atoms with Crippen molar-refractivity contribution in [2.45, 2.75) is 15.5 Å². The molecular formula is C24H20ClN3O3S2. The first-order valence-corrected chi connectivity index (χ1v) is 12.4. The van der Waals surface area contributed by atoms with Crippen LogP contribution in [0.4, 0.5) is 5.69 Å². The number of para-hydroxylation sites is 1. The fourth-order valence-electron chi connectivity index (χ4n) is 3.16. The van der Waals surface area contributed by atoms with Crippen LogP contribution in [0.25, 0.3) is 0 Å². The number of halogens is 1. The molecule has 3 aromatic carbocycles. The molecular weight excluding hydrogens is 478 g/mol. The van der Waals surface area contributed by atoms with E-state index in [0.717, 1.165) is 21.1 Å². The summed E-state index contributed by atoms with van der Waals surface area (Å²) in [6, 6.07) is 22.2. The molecule has 3 amide bonds. The smallest absolute Gasteiger partial charge is 0.269 e. The van der Waals surface area contributed by atoms with Gasteiger partial charge in [-0.15, -0.1) is 23.5 Å². The van der Waals surface area contributed by atoms with Gasteiger partial charge in [-0.3, -0.25) is 25.2 Å². The van der Waals surface area contributed by atoms with Crippen LogP contribution in [0.3, 0.4) is 0 Å². The quantitative estimate of drug-likeness (QED) is 0.386. The number of nitrogens with zero attached hydrogens (tertiary/aromatic N) is 1. The minimum absolute atomic E-state index is 0.146. The third-order valence-corrected chi connectivity index (χ3v) is 7.24. The van der Waals surface area contributed by atoms with Crippen molar-refractivity contribution >= 4 is 58.5 Å². The lowest BCUT2D eigenvalue weighted by Crippen LogP contribution is -2.48. The molecule has 2 N–H and O–H groups in total. The predicted molar refractivity (Wildman–Crippen MR) is 133 cm³/mol. The maximum Gasteiger partial charge on any atom is 0.269 e. The van der Waals surface area contributed by atoms with E-state index < -0.39 is 11.8 Å². The Morgan fingerprint density at radius 2 is 1.70 bits per heavy atom. The largest absolute Gasteiger partial charge is 0.301 e. The van der Waals surface area contributed by atoms with Crippen molar-refractivity contribution < 1.29 is 14.4 Å². The van der Waals surface area contributed by atoms with Gasteiger partial charge in [0, 0.05) is 26.1 Å². The number of thioether (sulfide) groups is 2. The van der Waals surface area contributed by atoms with E-state index in [9.17, 15) is 14.4 Å². The summed E-state index contributed by atoms with van der Waals surface area (Å²) in [5.41, 5.74) is 6.99. The average molecular weight is 498 g/mol. The van der Waals surface area contributed by atoms with Gasteiger partial charge < -0.3 is 4.90 Å². The number of fused-ring (bicyclic) bond motifs is 1. The maximum atomic E-state index is 12.4. The van der Waals surface area contributed by atoms with E-state index in [0.29, 0.717) is 16.3 Å². The molecule has 0 atom stereocenters. The zero-order valence-corrected chi connectivity index (χ0v) is 19.8. The lowest BCUT2D eigenvalue weighted by molar-refractivity contribution is -0.123. The van der Waals surface area contributed by atoms with E-state index in [4.69, 9.17) is 11.6 Å². The van der Waals surface area contributed by atoms with E-state index in [-0.39, 0.29) is 18.2 Å². The Morgan fingerprint density at radius 1 is 0.970 bits per heavy atom. The van der Waals surface area contributed by atoms with Gasteiger partial charge in [0.25, 0.3) is 11.8 Å². The van der Waals surface area contributed by atoms with E-state index in [1.54, 1.807) is 30.0 Å². The number of rotatable bonds is 6. The first-order valence-electron chi connectivity index (χ1n) is 10.1. The Hall–Kier alpha value is -2.94. The molecule has 33 heavy (non-hydrogen) atoms. The number of amides is 3. The summed E-state index contributed by atoms with van der Waals surface area (Å²) in [6.07, 6.45) is 0. The van der Waals surface area contributed by atoms with Crippen molar-refractivity contribution in [3.05, 3.63) is 88.9 Å². The lowest BCUT2D eigenvalue weighted by atomic mass is 10.1. The number of anilines is 1. The predicted octanol–water partition coefficient (Wildman–Crippen LogP) is 4.53. The van der Waals surface area contributed by atoms with Crippen molar-refractivity contribution in [2.24, 2.45) is 0 Å². The summed E-state index contributed by atoms with van der Waals surface area (Å²) < 4.78 is 0. The van der Waals surface area contributed by atoms with Crippen LogP contribution in [0.5, 0.6) is 0 Å². The third-order valence-electron chi connectivity index (χ3n) is 4.86. The highest BCUT2D eigenvalue weighted by atomic mass is 35.5. The Morgan fingerprint density at radius 3 is 2.45 bits per heavy atom. The van der Waals surface area contributed by atoms with Crippen molar-refractivity contribution in [2.75, 3.05) is 17.2 Å². The second-order valence-corrected chi connectivity index (χ2v) is 9.68. The molecule has 0 unspecified atom stereocenters. The van der Waals surface area contributed by atoms with Gasteiger partial charge in [-0.2, -0.15) is 0 Å². The first kappa shape index (κ1) is 23.2. The summed E-state index contributed by atoms with van der Waals surface area (Å²) in [5.74, 6) is -0.0220. The van der Waals surface area contributed by atoms with Gasteiger partial charge in [0.05, 0.1) is 11.4 Å². The van der Waals surface area contributed by atoms with Crippen LogP contribution in [0.2, 0.25) is 5.02 Å². The molecule has 1 heterocycles. The zero-order valence-electron chi connectivity index (χ0n) is 17.4. The van der Waals surface area contributed by atoms with E-state index in [1.165, 1.54) is 16.7 Å². The molecule has 0 bridgehead atoms. The van der Waals surface area contributed by atoms with Crippen molar-refractivity contribution in [3.63, 3.8) is 0 Å². The SMILES string of the molecule is O=C(CN1C(=O)CSc2ccccc21)NNC(=O)c1ccc(CSc2ccc(Cl)cc2)cc1. The number of hydrazine groups is 1. The normalized spacial score (nSPS) is 12.8. The standard InChI is InChI=1S/C24H20ClN3O3S2/c25-18-9-11-19(12-10-18)32-14-16-5-7-17(8-6-16)24(31)27-26-22(29)13-28-20-3-1-2-4-21(20)33-15-23(28)30/h1-12H,13-15H2,(H,26,29)(H,27,31). The monoisotopic (exact) mass is 497 g/mol. The Balaban J connectivity index is 1.27. The number of nitrogens with one attached hydrogen (secondary N) is 2. The Bertz CT molecular complexity index is 1170. The van der Waals surface area contributed by atoms with Crippen LogP contribution < -0.4 is 15.8 Å². The van der Waals surface area contributed by atoms with E-state index >= 15 is 0 Å². The number of carbonyl (C=O) groups is 3. The summed E-state index contributed by atoms with van der Waals surface area (Å²) in [7, 11) is 0. The van der Waals surface area contributed by atoms with E-state index in [2.05, 4.69) is 10.9 Å². The van der Waals surface area contributed by atoms with Gasteiger partial charge in [0.1, 0.15) is 6.54 Å². The van der Waals surface area contributed by atoms with Crippen LogP contribution >= 0.6 is 35.1 Å². The molecule has 6 nitrogen and oxygen atoms in total. The first-order chi connectivity index (χ1) is 16.0. The van der Waals surface area contributed by atoms with E-state index in [1.807, 2.05) is 54.6 Å². The molecule has 3 aromatic rings. The molecule has 1 aliphatic heterocycles. The highest BCUT2D eigenvalue weighted by Gasteiger charge is 2.26. The molecule has 0 spiro atoms. The third kappa shape index (κ3) is 6.10. The molecule has 0 saturated heterocycles. The second-order valence-electron chi connectivity index (χ2n) is 7.18. The maximum absolute atomic E-state index is 12.4. The molecule has 168 valence electrons. The van der Waals surface area contributed by atoms with Crippen molar-refractivity contribution in [3.8, 4) is 0 Å². The van der Waals surface area contributed by atoms with Crippen molar-refractivity contribution in [1.82, 2.24) is 10.9 Å². The fourth-order valence-corrected chi connectivity index (χ4v) is 5.07. The molecule has 0 radical (unpaired) electrons. The lowest BCUT2D eigenvalue weighted by Gasteiger charge is -2.28. The minimum atomic E-state index is -0.477. The second kappa shape index (κ2) is 10.8. The molecule has 9 heteroatoms. The van der Waals surface area contributed by atoms with Gasteiger partial charge in [-0.05, 0) is 54.1 Å². The summed E-state index contributed by atoms with van der Waals surface area (Å²) in [5, 5.41) is 0.702. The number of hydrogen-bond acceptors (Lipinski definition) is 5. The van der Waals surface area contributed by atoms with Crippen LogP contribution in [0.15, 0.2) is 82.6 Å². The molecule has 0 aromatic heterocycles. The number of carbonyl (C=O) groups excluding carboxylic acids is 3. The van der Waals surface area contributed by atoms with Gasteiger partial charge >= 0.3 is 0 Å². The number of hydrogen-bond donors (Lipinski definition) is 2. The van der Waals surface area contributed by atoms with Gasteiger partial charge in [0.15, 0.2) is 0 Å². The highest BCUT2D eigenvalue weighted by molar-refractivity contribution is 8.00. The average Bonchev–Trinajstić information content (AvgIpc) is 2.84. The molecule has 0 fully saturated rings. The molecule has 0 saturated carbocycles. The topological polar surface area (TPSA) is 78.5 Å². The summed E-state index contributed by atoms with van der Waals surface area (Å²) in [4.78, 5) is 40.5. The molecule has 0 aliphatic carbocycles. The van der Waals surface area contributed by atoms with Crippen LogP contribution in [-0.4, -0.2) is 30.0 Å². The summed E-state index contributed by atoms with van der Waals surface area (Å²) >= 11 is 9.03. The summed E-state index contributed by atoms with van der Waals surface area (Å²) in [6.45, 7) is -0.169. The minimum Gasteiger partial charge on any atom is -0.301 e. The van der Waals surface area contributed by atoms with Crippen LogP contribution in [-0.2, 0) is 15.3 Å². The Kier molecular flexibility index (Phi) is 7.59. The Labute approximate surface area is 205 Å². The zero-order chi connectivity index (χ0) is 23.2. The van der Waals surface area contributed by atoms with Crippen molar-refractivity contribution in [1.29, 1.82) is 0 Å². The fraction of sp³-hybridized carbons (Fsp3) is 0.125. The van der Waals surface area contributed by atoms with Gasteiger partial charge in [0.2, 0.25) is 5.91 Å². The highest BCUT2D eigenvalue weighted by Crippen LogP contribution is 2.34. The van der Waals surface area contributed by atoms with Crippen LogP contribution in [0.1, 0.15) is 15.9 Å². The molecule has 4 rings (SSSR count). The molecule has 1 aliphatic rings. The van der Waals surface area contributed by atoms with Gasteiger partial charge in [-0.25, -0.2) is 0 Å². The number of benzene rings is 3. The van der Waals surface area contributed by atoms with Gasteiger partial charge in [-0.1, -0.05) is 35.9 Å².